The molecule has 18 heavy (non-hydrogen) atoms. The first-order chi connectivity index (χ1) is 8.58. The molecule has 0 aromatic rings. The van der Waals surface area contributed by atoms with E-state index in [1.54, 1.807) is 0 Å². The maximum Gasteiger partial charge on any atom is 0.0547 e. The Kier molecular flexibility index (Phi) is 7.20. The van der Waals surface area contributed by atoms with Gasteiger partial charge in [-0.2, -0.15) is 0 Å². The molecule has 3 nitrogen and oxygen atoms in total. The number of nitrogens with zero attached hydrogens (tertiary/aromatic N) is 1. The molecule has 0 spiro atoms. The van der Waals surface area contributed by atoms with E-state index in [4.69, 9.17) is 4.74 Å². The van der Waals surface area contributed by atoms with Crippen LogP contribution in [0, 0.1) is 11.3 Å². The lowest BCUT2D eigenvalue weighted by molar-refractivity contribution is 0.118. The fraction of sp³-hybridized carbons (Fsp3) is 1.00. The molecular weight excluding hydrogens is 224 g/mol. The number of hydrogen-bond acceptors (Lipinski definition) is 3. The van der Waals surface area contributed by atoms with Gasteiger partial charge in [0.2, 0.25) is 0 Å². The van der Waals surface area contributed by atoms with Crippen molar-refractivity contribution in [2.75, 3.05) is 46.4 Å². The maximum absolute atomic E-state index is 5.66. The van der Waals surface area contributed by atoms with E-state index in [1.807, 2.05) is 0 Å². The van der Waals surface area contributed by atoms with Crippen LogP contribution in [0.5, 0.6) is 0 Å². The summed E-state index contributed by atoms with van der Waals surface area (Å²) in [6.45, 7) is 13.2. The first kappa shape index (κ1) is 15.9. The van der Waals surface area contributed by atoms with Crippen LogP contribution in [0.2, 0.25) is 0 Å². The van der Waals surface area contributed by atoms with Crippen LogP contribution in [0.25, 0.3) is 0 Å². The summed E-state index contributed by atoms with van der Waals surface area (Å²) >= 11 is 0. The van der Waals surface area contributed by atoms with Gasteiger partial charge in [-0.15, -0.1) is 0 Å². The van der Waals surface area contributed by atoms with E-state index in [9.17, 15) is 0 Å². The molecule has 1 heterocycles. The third-order valence-corrected chi connectivity index (χ3v) is 3.74. The minimum atomic E-state index is 0.345. The lowest BCUT2D eigenvalue weighted by Crippen LogP contribution is -2.44. The molecule has 0 amide bonds. The Labute approximate surface area is 113 Å². The smallest absolute Gasteiger partial charge is 0.0547 e. The van der Waals surface area contributed by atoms with Crippen molar-refractivity contribution in [2.24, 2.45) is 11.3 Å². The monoisotopic (exact) mass is 256 g/mol. The first-order valence-corrected chi connectivity index (χ1v) is 7.55. The highest BCUT2D eigenvalue weighted by molar-refractivity contribution is 4.88. The van der Waals surface area contributed by atoms with E-state index in [1.165, 1.54) is 25.8 Å². The van der Waals surface area contributed by atoms with Crippen molar-refractivity contribution in [1.82, 2.24) is 10.2 Å². The molecule has 1 atom stereocenters. The van der Waals surface area contributed by atoms with E-state index in [2.05, 4.69) is 38.0 Å². The zero-order chi connectivity index (χ0) is 13.4. The summed E-state index contributed by atoms with van der Waals surface area (Å²) in [5.74, 6) is 0.724. The van der Waals surface area contributed by atoms with Gasteiger partial charge in [0.15, 0.2) is 0 Å². The molecule has 3 heteroatoms. The SMILES string of the molecule is CCCCN(C)CC1(CNCC(C)C)CCOC1. The summed E-state index contributed by atoms with van der Waals surface area (Å²) in [6.07, 6.45) is 3.78. The average molecular weight is 256 g/mol. The van der Waals surface area contributed by atoms with Crippen molar-refractivity contribution in [3.8, 4) is 0 Å². The van der Waals surface area contributed by atoms with Gasteiger partial charge in [-0.3, -0.25) is 0 Å². The lowest BCUT2D eigenvalue weighted by atomic mass is 9.86. The molecule has 108 valence electrons. The van der Waals surface area contributed by atoms with Crippen LogP contribution in [0.15, 0.2) is 0 Å². The fourth-order valence-electron chi connectivity index (χ4n) is 2.68. The largest absolute Gasteiger partial charge is 0.381 e. The van der Waals surface area contributed by atoms with Crippen molar-refractivity contribution < 1.29 is 4.74 Å². The molecule has 0 aromatic heterocycles. The number of unbranched alkanes of at least 4 members (excludes halogenated alkanes) is 1. The summed E-state index contributed by atoms with van der Waals surface area (Å²) in [5, 5.41) is 3.62. The minimum absolute atomic E-state index is 0.345. The number of nitrogens with one attached hydrogen (secondary N) is 1. The Morgan fingerprint density at radius 3 is 2.72 bits per heavy atom. The second-order valence-corrected chi connectivity index (χ2v) is 6.42. The summed E-state index contributed by atoms with van der Waals surface area (Å²) in [6, 6.07) is 0. The lowest BCUT2D eigenvalue weighted by Gasteiger charge is -2.33. The first-order valence-electron chi connectivity index (χ1n) is 7.55. The highest BCUT2D eigenvalue weighted by Crippen LogP contribution is 2.28. The quantitative estimate of drug-likeness (QED) is 0.685. The predicted molar refractivity (Wildman–Crippen MR) is 78.0 cm³/mol. The summed E-state index contributed by atoms with van der Waals surface area (Å²) in [5.41, 5.74) is 0.345. The highest BCUT2D eigenvalue weighted by atomic mass is 16.5. The van der Waals surface area contributed by atoms with Crippen LogP contribution in [-0.2, 0) is 4.74 Å². The van der Waals surface area contributed by atoms with Crippen LogP contribution >= 0.6 is 0 Å². The Morgan fingerprint density at radius 1 is 1.39 bits per heavy atom. The molecule has 0 radical (unpaired) electrons. The Hall–Kier alpha value is -0.120. The van der Waals surface area contributed by atoms with E-state index < -0.39 is 0 Å². The molecule has 0 bridgehead atoms. The van der Waals surface area contributed by atoms with Crippen LogP contribution < -0.4 is 5.32 Å². The third kappa shape index (κ3) is 5.68. The standard InChI is InChI=1S/C15H32N2O/c1-5-6-8-17(4)12-15(7-9-18-13-15)11-16-10-14(2)3/h14,16H,5-13H2,1-4H3. The van der Waals surface area contributed by atoms with Gasteiger partial charge in [0.05, 0.1) is 6.61 Å². The molecule has 1 N–H and O–H groups in total. The van der Waals surface area contributed by atoms with Crippen molar-refractivity contribution >= 4 is 0 Å². The number of rotatable bonds is 9. The molecule has 1 fully saturated rings. The average Bonchev–Trinajstić information content (AvgIpc) is 2.74. The normalized spacial score (nSPS) is 24.3. The van der Waals surface area contributed by atoms with Crippen molar-refractivity contribution in [3.05, 3.63) is 0 Å². The number of ether oxygens (including phenoxy) is 1. The summed E-state index contributed by atoms with van der Waals surface area (Å²) in [7, 11) is 2.25. The van der Waals surface area contributed by atoms with Gasteiger partial charge in [-0.25, -0.2) is 0 Å². The predicted octanol–water partition coefficient (Wildman–Crippen LogP) is 2.37. The zero-order valence-corrected chi connectivity index (χ0v) is 12.8. The van der Waals surface area contributed by atoms with Crippen LogP contribution in [-0.4, -0.2) is 51.3 Å². The minimum Gasteiger partial charge on any atom is -0.381 e. The summed E-state index contributed by atoms with van der Waals surface area (Å²) < 4.78 is 5.66. The van der Waals surface area contributed by atoms with E-state index in [0.717, 1.165) is 38.8 Å². The molecule has 1 rings (SSSR count). The molecule has 0 saturated carbocycles. The number of hydrogen-bond donors (Lipinski definition) is 1. The van der Waals surface area contributed by atoms with Gasteiger partial charge in [0.1, 0.15) is 0 Å². The zero-order valence-electron chi connectivity index (χ0n) is 12.8. The molecule has 1 aliphatic heterocycles. The Morgan fingerprint density at radius 2 is 2.17 bits per heavy atom. The topological polar surface area (TPSA) is 24.5 Å². The van der Waals surface area contributed by atoms with Crippen molar-refractivity contribution in [2.45, 2.75) is 40.0 Å². The maximum atomic E-state index is 5.66. The van der Waals surface area contributed by atoms with E-state index in [0.29, 0.717) is 5.41 Å². The highest BCUT2D eigenvalue weighted by Gasteiger charge is 2.35. The third-order valence-electron chi connectivity index (χ3n) is 3.74. The molecule has 1 aliphatic rings. The molecule has 0 aliphatic carbocycles. The fourth-order valence-corrected chi connectivity index (χ4v) is 2.68. The van der Waals surface area contributed by atoms with Gasteiger partial charge in [-0.05, 0) is 38.9 Å². The van der Waals surface area contributed by atoms with Gasteiger partial charge in [-0.1, -0.05) is 27.2 Å². The summed E-state index contributed by atoms with van der Waals surface area (Å²) in [4.78, 5) is 2.48. The van der Waals surface area contributed by atoms with Crippen LogP contribution in [0.1, 0.15) is 40.0 Å². The Balaban J connectivity index is 2.37. The van der Waals surface area contributed by atoms with Gasteiger partial charge in [0, 0.05) is 25.1 Å². The molecule has 0 aromatic carbocycles. The van der Waals surface area contributed by atoms with Gasteiger partial charge < -0.3 is 15.0 Å². The van der Waals surface area contributed by atoms with E-state index in [-0.39, 0.29) is 0 Å². The second-order valence-electron chi connectivity index (χ2n) is 6.42. The molecule has 1 saturated heterocycles. The van der Waals surface area contributed by atoms with Crippen LogP contribution in [0.4, 0.5) is 0 Å². The van der Waals surface area contributed by atoms with E-state index >= 15 is 0 Å². The van der Waals surface area contributed by atoms with Crippen molar-refractivity contribution in [1.29, 1.82) is 0 Å². The van der Waals surface area contributed by atoms with Crippen LogP contribution in [0.3, 0.4) is 0 Å². The van der Waals surface area contributed by atoms with Crippen molar-refractivity contribution in [3.63, 3.8) is 0 Å². The second kappa shape index (κ2) is 8.13. The Bertz CT molecular complexity index is 213. The van der Waals surface area contributed by atoms with Gasteiger partial charge >= 0.3 is 0 Å². The molecule has 1 unspecified atom stereocenters. The molecular formula is C15H32N2O. The van der Waals surface area contributed by atoms with Gasteiger partial charge in [0.25, 0.3) is 0 Å².